The Morgan fingerprint density at radius 2 is 1.20 bits per heavy atom. The fraction of sp³-hybridized carbons (Fsp3) is 0.429. The minimum Gasteiger partial charge on any atom is -0.342 e. The van der Waals surface area contributed by atoms with Gasteiger partial charge in [-0.25, -0.2) is 0 Å². The predicted octanol–water partition coefficient (Wildman–Crippen LogP) is 5.44. The number of unbranched alkanes of at least 4 members (excludes halogenated alkanes) is 3. The molecule has 1 unspecified atom stereocenters. The lowest BCUT2D eigenvalue weighted by atomic mass is 9.80. The fourth-order valence-corrected chi connectivity index (χ4v) is 6.38. The third-order valence-corrected chi connectivity index (χ3v) is 8.77. The Bertz CT molecular complexity index is 1210. The molecule has 0 saturated carbocycles. The number of aryl methyl sites for hydroxylation is 1. The number of likely N-dealkylation sites (tertiary alicyclic amines) is 1. The van der Waals surface area contributed by atoms with Gasteiger partial charge in [-0.3, -0.25) is 9.59 Å². The van der Waals surface area contributed by atoms with Gasteiger partial charge in [-0.05, 0) is 61.8 Å². The Kier molecular flexibility index (Phi) is 9.67. The van der Waals surface area contributed by atoms with Crippen molar-refractivity contribution in [3.8, 4) is 0 Å². The van der Waals surface area contributed by atoms with Gasteiger partial charge in [0.15, 0.2) is 0 Å². The number of piperazine rings is 1. The van der Waals surface area contributed by atoms with Crippen LogP contribution in [0.5, 0.6) is 0 Å². The van der Waals surface area contributed by atoms with E-state index in [0.29, 0.717) is 25.8 Å². The zero-order valence-electron chi connectivity index (χ0n) is 23.6. The number of carbonyl (C=O) groups excluding carboxylic acids is 2. The molecule has 2 aliphatic heterocycles. The van der Waals surface area contributed by atoms with Crippen molar-refractivity contribution in [1.82, 2.24) is 15.1 Å². The summed E-state index contributed by atoms with van der Waals surface area (Å²) in [6.07, 6.45) is 8.74. The molecule has 1 atom stereocenters. The van der Waals surface area contributed by atoms with E-state index >= 15 is 0 Å². The van der Waals surface area contributed by atoms with Gasteiger partial charge in [0.2, 0.25) is 11.8 Å². The lowest BCUT2D eigenvalue weighted by Gasteiger charge is -2.51. The van der Waals surface area contributed by atoms with Crippen LogP contribution in [0.3, 0.4) is 0 Å². The Hall–Kier alpha value is -3.44. The summed E-state index contributed by atoms with van der Waals surface area (Å²) in [6, 6.07) is 30.5. The molecule has 0 radical (unpaired) electrons. The minimum absolute atomic E-state index is 0.0293. The van der Waals surface area contributed by atoms with Gasteiger partial charge in [-0.15, -0.1) is 0 Å². The summed E-state index contributed by atoms with van der Waals surface area (Å²) in [5, 5.41) is 3.15. The molecule has 3 aromatic rings. The first-order valence-corrected chi connectivity index (χ1v) is 15.1. The van der Waals surface area contributed by atoms with Gasteiger partial charge in [0.1, 0.15) is 11.6 Å². The number of amides is 2. The van der Waals surface area contributed by atoms with Crippen molar-refractivity contribution >= 4 is 11.8 Å². The van der Waals surface area contributed by atoms with Crippen LogP contribution in [0.2, 0.25) is 0 Å². The summed E-state index contributed by atoms with van der Waals surface area (Å²) in [4.78, 5) is 32.1. The van der Waals surface area contributed by atoms with Crippen molar-refractivity contribution in [2.45, 2.75) is 69.4 Å². The third kappa shape index (κ3) is 7.00. The lowest BCUT2D eigenvalue weighted by Crippen LogP contribution is -2.73. The Labute approximate surface area is 239 Å². The standard InChI is InChI=1S/C35H43N3O2/c39-33-32(28-31-19-11-5-12-20-31)36-34(40)35(38(33)25-21-30-17-9-4-10-18-30)22-26-37(27-23-35)24-13-2-1-6-14-29-15-7-3-8-16-29/h3-5,7-12,15-20,32H,1-2,6,13-14,21-28H2,(H,36,40). The number of nitrogens with one attached hydrogen (secondary N) is 1. The number of hydrogen-bond donors (Lipinski definition) is 1. The molecule has 5 nitrogen and oxygen atoms in total. The maximum absolute atomic E-state index is 13.9. The summed E-state index contributed by atoms with van der Waals surface area (Å²) < 4.78 is 0. The van der Waals surface area contributed by atoms with Gasteiger partial charge in [0, 0.05) is 26.1 Å². The van der Waals surface area contributed by atoms with Crippen LogP contribution in [-0.4, -0.2) is 59.4 Å². The van der Waals surface area contributed by atoms with Crippen molar-refractivity contribution in [3.63, 3.8) is 0 Å². The normalized spacial score (nSPS) is 19.1. The van der Waals surface area contributed by atoms with Crippen molar-refractivity contribution in [2.24, 2.45) is 0 Å². The van der Waals surface area contributed by atoms with E-state index in [1.807, 2.05) is 53.4 Å². The van der Waals surface area contributed by atoms with E-state index < -0.39 is 11.6 Å². The van der Waals surface area contributed by atoms with Gasteiger partial charge < -0.3 is 15.1 Å². The molecule has 5 heteroatoms. The largest absolute Gasteiger partial charge is 0.342 e. The second kappa shape index (κ2) is 13.8. The number of rotatable bonds is 12. The molecule has 2 aliphatic rings. The van der Waals surface area contributed by atoms with Crippen LogP contribution >= 0.6 is 0 Å². The number of hydrogen-bond acceptors (Lipinski definition) is 3. The molecule has 1 spiro atoms. The van der Waals surface area contributed by atoms with Crippen LogP contribution < -0.4 is 5.32 Å². The van der Waals surface area contributed by atoms with Gasteiger partial charge in [0.25, 0.3) is 0 Å². The molecule has 210 valence electrons. The summed E-state index contributed by atoms with van der Waals surface area (Å²) in [6.45, 7) is 3.35. The van der Waals surface area contributed by atoms with E-state index in [-0.39, 0.29) is 11.8 Å². The van der Waals surface area contributed by atoms with Crippen molar-refractivity contribution in [1.29, 1.82) is 0 Å². The highest BCUT2D eigenvalue weighted by Gasteiger charge is 2.53. The van der Waals surface area contributed by atoms with Crippen LogP contribution in [0.1, 0.15) is 55.2 Å². The molecular formula is C35H43N3O2. The molecular weight excluding hydrogens is 494 g/mol. The van der Waals surface area contributed by atoms with Crippen LogP contribution in [-0.2, 0) is 28.9 Å². The van der Waals surface area contributed by atoms with Gasteiger partial charge in [0.05, 0.1) is 0 Å². The molecule has 0 aliphatic carbocycles. The Morgan fingerprint density at radius 3 is 1.82 bits per heavy atom. The zero-order valence-corrected chi connectivity index (χ0v) is 23.6. The Balaban J connectivity index is 1.17. The topological polar surface area (TPSA) is 52.7 Å². The van der Waals surface area contributed by atoms with Crippen LogP contribution in [0.25, 0.3) is 0 Å². The molecule has 0 aromatic heterocycles. The predicted molar refractivity (Wildman–Crippen MR) is 161 cm³/mol. The fourth-order valence-electron chi connectivity index (χ4n) is 6.38. The highest BCUT2D eigenvalue weighted by Crippen LogP contribution is 2.34. The highest BCUT2D eigenvalue weighted by atomic mass is 16.2. The summed E-state index contributed by atoms with van der Waals surface area (Å²) in [5.74, 6) is 0.0907. The molecule has 5 rings (SSSR count). The average molecular weight is 538 g/mol. The Morgan fingerprint density at radius 1 is 0.650 bits per heavy atom. The van der Waals surface area contributed by atoms with Crippen molar-refractivity contribution < 1.29 is 9.59 Å². The maximum Gasteiger partial charge on any atom is 0.246 e. The van der Waals surface area contributed by atoms with Crippen LogP contribution in [0.4, 0.5) is 0 Å². The molecule has 2 saturated heterocycles. The molecule has 0 bridgehead atoms. The number of nitrogens with zero attached hydrogens (tertiary/aromatic N) is 2. The van der Waals surface area contributed by atoms with Crippen LogP contribution in [0.15, 0.2) is 91.0 Å². The third-order valence-electron chi connectivity index (χ3n) is 8.77. The quantitative estimate of drug-likeness (QED) is 0.313. The highest BCUT2D eigenvalue weighted by molar-refractivity contribution is 6.00. The average Bonchev–Trinajstić information content (AvgIpc) is 3.00. The molecule has 2 amide bonds. The smallest absolute Gasteiger partial charge is 0.246 e. The summed E-state index contributed by atoms with van der Waals surface area (Å²) in [5.41, 5.74) is 2.94. The lowest BCUT2D eigenvalue weighted by molar-refractivity contribution is -0.161. The van der Waals surface area contributed by atoms with Gasteiger partial charge in [-0.1, -0.05) is 104 Å². The SMILES string of the molecule is O=C1C(Cc2ccccc2)NC(=O)C2(CCN(CCCCCCc3ccccc3)CC2)N1CCc1ccccc1. The van der Waals surface area contributed by atoms with E-state index in [1.165, 1.54) is 36.8 Å². The number of piperidine rings is 1. The molecule has 1 N–H and O–H groups in total. The maximum atomic E-state index is 13.9. The minimum atomic E-state index is -0.745. The zero-order chi connectivity index (χ0) is 27.6. The summed E-state index contributed by atoms with van der Waals surface area (Å²) >= 11 is 0. The van der Waals surface area contributed by atoms with E-state index in [9.17, 15) is 9.59 Å². The molecule has 2 fully saturated rings. The monoisotopic (exact) mass is 537 g/mol. The molecule has 2 heterocycles. The number of benzene rings is 3. The van der Waals surface area contributed by atoms with E-state index in [1.54, 1.807) is 0 Å². The van der Waals surface area contributed by atoms with Gasteiger partial charge in [-0.2, -0.15) is 0 Å². The second-order valence-corrected chi connectivity index (χ2v) is 11.5. The number of carbonyl (C=O) groups is 2. The second-order valence-electron chi connectivity index (χ2n) is 11.5. The first kappa shape index (κ1) is 28.1. The van der Waals surface area contributed by atoms with E-state index in [0.717, 1.165) is 38.0 Å². The van der Waals surface area contributed by atoms with Gasteiger partial charge >= 0.3 is 0 Å². The van der Waals surface area contributed by atoms with Crippen LogP contribution in [0, 0.1) is 0 Å². The molecule has 40 heavy (non-hydrogen) atoms. The van der Waals surface area contributed by atoms with E-state index in [2.05, 4.69) is 52.7 Å². The first-order chi connectivity index (χ1) is 19.6. The first-order valence-electron chi connectivity index (χ1n) is 15.1. The van der Waals surface area contributed by atoms with Crippen molar-refractivity contribution in [2.75, 3.05) is 26.2 Å². The van der Waals surface area contributed by atoms with Crippen molar-refractivity contribution in [3.05, 3.63) is 108 Å². The summed E-state index contributed by atoms with van der Waals surface area (Å²) in [7, 11) is 0. The molecule has 3 aromatic carbocycles. The van der Waals surface area contributed by atoms with E-state index in [4.69, 9.17) is 0 Å².